The van der Waals surface area contributed by atoms with Gasteiger partial charge in [-0.15, -0.1) is 0 Å². The number of hydrogen-bond donors (Lipinski definition) is 2. The minimum atomic E-state index is 0.103. The molecule has 0 saturated heterocycles. The van der Waals surface area contributed by atoms with Crippen LogP contribution in [-0.4, -0.2) is 19.0 Å². The molecule has 0 spiro atoms. The van der Waals surface area contributed by atoms with Crippen LogP contribution in [0.4, 0.5) is 0 Å². The second-order valence-corrected chi connectivity index (χ2v) is 1.93. The molecule has 0 bridgehead atoms. The number of hydrogen-bond acceptors (Lipinski definition) is 2. The molecular weight excluding hydrogens is 116 g/mol. The lowest BCUT2D eigenvalue weighted by Gasteiger charge is -1.99. The third-order valence-corrected chi connectivity index (χ3v) is 0.900. The van der Waals surface area contributed by atoms with Crippen LogP contribution in [0.25, 0.3) is 0 Å². The number of amidine groups is 1. The number of rotatable bonds is 5. The third-order valence-electron chi connectivity index (χ3n) is 0.900. The van der Waals surface area contributed by atoms with Gasteiger partial charge >= 0.3 is 0 Å². The summed E-state index contributed by atoms with van der Waals surface area (Å²) < 4.78 is 4.99. The first-order valence-corrected chi connectivity index (χ1v) is 3.18. The standard InChI is InChI=1S/C6H14N2O/c1-2-3-4-9-5-6(7)8/h2-5H2,1H3,(H3,7,8). The summed E-state index contributed by atoms with van der Waals surface area (Å²) in [6.45, 7) is 3.09. The van der Waals surface area contributed by atoms with Crippen molar-refractivity contribution in [2.45, 2.75) is 19.8 Å². The summed E-state index contributed by atoms with van der Waals surface area (Å²) in [5.41, 5.74) is 5.03. The van der Waals surface area contributed by atoms with E-state index in [9.17, 15) is 0 Å². The highest BCUT2D eigenvalue weighted by Crippen LogP contribution is 1.86. The van der Waals surface area contributed by atoms with E-state index in [1.165, 1.54) is 0 Å². The Hall–Kier alpha value is -0.570. The normalized spacial score (nSPS) is 9.44. The van der Waals surface area contributed by atoms with Gasteiger partial charge in [-0.05, 0) is 6.42 Å². The minimum absolute atomic E-state index is 0.103. The van der Waals surface area contributed by atoms with Gasteiger partial charge in [0.15, 0.2) is 0 Å². The van der Waals surface area contributed by atoms with Crippen molar-refractivity contribution < 1.29 is 4.74 Å². The summed E-state index contributed by atoms with van der Waals surface area (Å²) in [6.07, 6.45) is 2.17. The molecular formula is C6H14N2O. The van der Waals surface area contributed by atoms with E-state index < -0.39 is 0 Å². The molecule has 0 fully saturated rings. The van der Waals surface area contributed by atoms with Gasteiger partial charge in [-0.3, -0.25) is 5.41 Å². The maximum atomic E-state index is 6.78. The average molecular weight is 130 g/mol. The van der Waals surface area contributed by atoms with Crippen molar-refractivity contribution in [3.63, 3.8) is 0 Å². The fraction of sp³-hybridized carbons (Fsp3) is 0.833. The second kappa shape index (κ2) is 5.56. The van der Waals surface area contributed by atoms with Crippen molar-refractivity contribution in [2.24, 2.45) is 5.73 Å². The Bertz CT molecular complexity index is 83.1. The SMILES string of the molecule is CCCCOCC(=N)N. The summed E-state index contributed by atoms with van der Waals surface area (Å²) in [5, 5.41) is 6.78. The zero-order chi connectivity index (χ0) is 7.11. The van der Waals surface area contributed by atoms with Gasteiger partial charge in [-0.25, -0.2) is 0 Å². The van der Waals surface area contributed by atoms with E-state index in [4.69, 9.17) is 15.9 Å². The van der Waals surface area contributed by atoms with Crippen LogP contribution in [0.2, 0.25) is 0 Å². The molecule has 0 rings (SSSR count). The van der Waals surface area contributed by atoms with Crippen molar-refractivity contribution >= 4 is 5.84 Å². The van der Waals surface area contributed by atoms with E-state index in [0.717, 1.165) is 19.4 Å². The molecule has 0 heterocycles. The Morgan fingerprint density at radius 1 is 1.67 bits per heavy atom. The van der Waals surface area contributed by atoms with E-state index in [-0.39, 0.29) is 12.4 Å². The lowest BCUT2D eigenvalue weighted by Crippen LogP contribution is -2.17. The number of nitrogens with one attached hydrogen (secondary N) is 1. The zero-order valence-electron chi connectivity index (χ0n) is 5.81. The van der Waals surface area contributed by atoms with Crippen LogP contribution >= 0.6 is 0 Å². The molecule has 0 aromatic heterocycles. The first kappa shape index (κ1) is 8.43. The zero-order valence-corrected chi connectivity index (χ0v) is 5.81. The lowest BCUT2D eigenvalue weighted by molar-refractivity contribution is 0.167. The maximum Gasteiger partial charge on any atom is 0.117 e. The lowest BCUT2D eigenvalue weighted by atomic mass is 10.4. The first-order chi connectivity index (χ1) is 4.27. The molecule has 0 amide bonds. The molecule has 3 N–H and O–H groups in total. The highest BCUT2D eigenvalue weighted by Gasteiger charge is 1.87. The highest BCUT2D eigenvalue weighted by atomic mass is 16.5. The largest absolute Gasteiger partial charge is 0.386 e. The van der Waals surface area contributed by atoms with Gasteiger partial charge < -0.3 is 10.5 Å². The van der Waals surface area contributed by atoms with Crippen LogP contribution in [-0.2, 0) is 4.74 Å². The molecule has 0 atom stereocenters. The van der Waals surface area contributed by atoms with Gasteiger partial charge in [0.2, 0.25) is 0 Å². The van der Waals surface area contributed by atoms with Crippen LogP contribution in [0.15, 0.2) is 0 Å². The Labute approximate surface area is 55.7 Å². The van der Waals surface area contributed by atoms with Crippen LogP contribution in [0.3, 0.4) is 0 Å². The second-order valence-electron chi connectivity index (χ2n) is 1.93. The topological polar surface area (TPSA) is 59.1 Å². The van der Waals surface area contributed by atoms with Crippen LogP contribution < -0.4 is 5.73 Å². The van der Waals surface area contributed by atoms with Gasteiger partial charge in [0.1, 0.15) is 12.4 Å². The van der Waals surface area contributed by atoms with Crippen molar-refractivity contribution in [1.29, 1.82) is 5.41 Å². The number of ether oxygens (including phenoxy) is 1. The molecule has 54 valence electrons. The third kappa shape index (κ3) is 7.43. The Morgan fingerprint density at radius 3 is 2.78 bits per heavy atom. The van der Waals surface area contributed by atoms with Crippen LogP contribution in [0.5, 0.6) is 0 Å². The fourth-order valence-corrected chi connectivity index (χ4v) is 0.429. The molecule has 3 heteroatoms. The summed E-state index contributed by atoms with van der Waals surface area (Å²) in [5.74, 6) is 0.103. The van der Waals surface area contributed by atoms with Gasteiger partial charge in [0.25, 0.3) is 0 Å². The van der Waals surface area contributed by atoms with Crippen molar-refractivity contribution in [2.75, 3.05) is 13.2 Å². The van der Waals surface area contributed by atoms with Gasteiger partial charge in [-0.2, -0.15) is 0 Å². The number of unbranched alkanes of at least 4 members (excludes halogenated alkanes) is 1. The van der Waals surface area contributed by atoms with Crippen LogP contribution in [0.1, 0.15) is 19.8 Å². The average Bonchev–Trinajstić information content (AvgIpc) is 1.80. The molecule has 0 radical (unpaired) electrons. The smallest absolute Gasteiger partial charge is 0.117 e. The van der Waals surface area contributed by atoms with Gasteiger partial charge in [-0.1, -0.05) is 13.3 Å². The van der Waals surface area contributed by atoms with E-state index in [1.54, 1.807) is 0 Å². The Kier molecular flexibility index (Phi) is 5.21. The monoisotopic (exact) mass is 130 g/mol. The molecule has 0 aromatic rings. The van der Waals surface area contributed by atoms with Gasteiger partial charge in [0.05, 0.1) is 0 Å². The van der Waals surface area contributed by atoms with Crippen molar-refractivity contribution in [3.05, 3.63) is 0 Å². The molecule has 0 saturated carbocycles. The molecule has 0 aliphatic heterocycles. The van der Waals surface area contributed by atoms with Gasteiger partial charge in [0, 0.05) is 6.61 Å². The summed E-state index contributed by atoms with van der Waals surface area (Å²) >= 11 is 0. The predicted octanol–water partition coefficient (Wildman–Crippen LogP) is 0.739. The molecule has 0 aliphatic rings. The molecule has 9 heavy (non-hydrogen) atoms. The van der Waals surface area contributed by atoms with E-state index in [0.29, 0.717) is 0 Å². The first-order valence-electron chi connectivity index (χ1n) is 3.18. The minimum Gasteiger partial charge on any atom is -0.386 e. The highest BCUT2D eigenvalue weighted by molar-refractivity contribution is 5.78. The molecule has 0 aromatic carbocycles. The molecule has 0 aliphatic carbocycles. The van der Waals surface area contributed by atoms with E-state index in [2.05, 4.69) is 6.92 Å². The Morgan fingerprint density at radius 2 is 2.33 bits per heavy atom. The summed E-state index contributed by atoms with van der Waals surface area (Å²) in [4.78, 5) is 0. The quantitative estimate of drug-likeness (QED) is 0.327. The van der Waals surface area contributed by atoms with E-state index >= 15 is 0 Å². The molecule has 0 unspecified atom stereocenters. The summed E-state index contributed by atoms with van der Waals surface area (Å²) in [7, 11) is 0. The Balaban J connectivity index is 2.83. The maximum absolute atomic E-state index is 6.78. The van der Waals surface area contributed by atoms with E-state index in [1.807, 2.05) is 0 Å². The molecule has 3 nitrogen and oxygen atoms in total. The predicted molar refractivity (Wildman–Crippen MR) is 37.6 cm³/mol. The van der Waals surface area contributed by atoms with Crippen LogP contribution in [0, 0.1) is 5.41 Å². The number of nitrogens with two attached hydrogens (primary N) is 1. The van der Waals surface area contributed by atoms with Crippen molar-refractivity contribution in [1.82, 2.24) is 0 Å². The summed E-state index contributed by atoms with van der Waals surface area (Å²) in [6, 6.07) is 0. The van der Waals surface area contributed by atoms with Crippen molar-refractivity contribution in [3.8, 4) is 0 Å². The fourth-order valence-electron chi connectivity index (χ4n) is 0.429.